The number of nitrogens with zero attached hydrogens (tertiary/aromatic N) is 1. The minimum absolute atomic E-state index is 0. The lowest BCUT2D eigenvalue weighted by Gasteiger charge is -2.48. The maximum absolute atomic E-state index is 12.6. The van der Waals surface area contributed by atoms with Crippen molar-refractivity contribution in [1.82, 2.24) is 10.2 Å². The third-order valence-corrected chi connectivity index (χ3v) is 7.72. The lowest BCUT2D eigenvalue weighted by molar-refractivity contribution is -0.149. The first-order valence-electron chi connectivity index (χ1n) is 11.9. The van der Waals surface area contributed by atoms with Crippen molar-refractivity contribution >= 4 is 24.3 Å². The molecule has 31 heavy (non-hydrogen) atoms. The molecule has 4 fully saturated rings. The van der Waals surface area contributed by atoms with Crippen LogP contribution in [-0.4, -0.2) is 49.1 Å². The molecule has 4 aliphatic rings. The summed E-state index contributed by atoms with van der Waals surface area (Å²) in [6, 6.07) is 8.34. The minimum atomic E-state index is -0.0869. The molecule has 3 aliphatic heterocycles. The zero-order chi connectivity index (χ0) is 21.0. The molecule has 0 spiro atoms. The quantitative estimate of drug-likeness (QED) is 0.629. The van der Waals surface area contributed by atoms with E-state index in [1.54, 1.807) is 0 Å². The van der Waals surface area contributed by atoms with Crippen LogP contribution < -0.4 is 5.32 Å². The maximum Gasteiger partial charge on any atom is 0.308 e. The molecule has 0 aromatic heterocycles. The third kappa shape index (κ3) is 6.01. The molecule has 3 heterocycles. The molecule has 1 aromatic rings. The maximum atomic E-state index is 12.6. The highest BCUT2D eigenvalue weighted by atomic mass is 35.5. The highest BCUT2D eigenvalue weighted by molar-refractivity contribution is 5.94. The van der Waals surface area contributed by atoms with E-state index in [2.05, 4.69) is 22.3 Å². The van der Waals surface area contributed by atoms with E-state index in [0.29, 0.717) is 12.0 Å². The van der Waals surface area contributed by atoms with Crippen LogP contribution in [-0.2, 0) is 16.0 Å². The van der Waals surface area contributed by atoms with Crippen LogP contribution >= 0.6 is 12.4 Å². The Kier molecular flexibility index (Phi) is 8.40. The van der Waals surface area contributed by atoms with Crippen molar-refractivity contribution in [3.63, 3.8) is 0 Å². The smallest absolute Gasteiger partial charge is 0.308 e. The molecule has 6 heteroatoms. The predicted octanol–water partition coefficient (Wildman–Crippen LogP) is 4.38. The van der Waals surface area contributed by atoms with Gasteiger partial charge in [-0.2, -0.15) is 0 Å². The summed E-state index contributed by atoms with van der Waals surface area (Å²) < 4.78 is 5.12. The predicted molar refractivity (Wildman–Crippen MR) is 125 cm³/mol. The van der Waals surface area contributed by atoms with Gasteiger partial charge in [0.1, 0.15) is 0 Å². The summed E-state index contributed by atoms with van der Waals surface area (Å²) >= 11 is 0. The number of nitrogens with one attached hydrogen (secondary N) is 1. The molecule has 5 rings (SSSR count). The SMILES string of the molecule is CCOC(=O)C1CCC(NC(=O)c2ccc(CCC34CCN(CC3)CC4)cc2)CC1.Cl. The van der Waals surface area contributed by atoms with Crippen LogP contribution in [0.2, 0.25) is 0 Å². The lowest BCUT2D eigenvalue weighted by atomic mass is 9.69. The molecule has 0 unspecified atom stereocenters. The Hall–Kier alpha value is -1.59. The molecule has 1 aliphatic carbocycles. The van der Waals surface area contributed by atoms with E-state index in [-0.39, 0.29) is 36.2 Å². The molecule has 172 valence electrons. The highest BCUT2D eigenvalue weighted by Crippen LogP contribution is 2.43. The van der Waals surface area contributed by atoms with Crippen molar-refractivity contribution in [3.8, 4) is 0 Å². The molecular formula is C25H37ClN2O3. The number of hydrogen-bond donors (Lipinski definition) is 1. The number of rotatable bonds is 7. The van der Waals surface area contributed by atoms with Gasteiger partial charge in [0.25, 0.3) is 5.91 Å². The second kappa shape index (κ2) is 10.8. The molecule has 1 amide bonds. The van der Waals surface area contributed by atoms with E-state index in [1.807, 2.05) is 19.1 Å². The highest BCUT2D eigenvalue weighted by Gasteiger charge is 2.38. The van der Waals surface area contributed by atoms with Gasteiger partial charge in [0.05, 0.1) is 12.5 Å². The van der Waals surface area contributed by atoms with E-state index in [0.717, 1.165) is 37.7 Å². The Morgan fingerprint density at radius 3 is 2.23 bits per heavy atom. The van der Waals surface area contributed by atoms with Crippen molar-refractivity contribution < 1.29 is 14.3 Å². The number of aryl methyl sites for hydroxylation is 1. The summed E-state index contributed by atoms with van der Waals surface area (Å²) in [5, 5.41) is 3.15. The molecule has 0 radical (unpaired) electrons. The molecule has 5 nitrogen and oxygen atoms in total. The number of hydrogen-bond acceptors (Lipinski definition) is 4. The van der Waals surface area contributed by atoms with Crippen molar-refractivity contribution in [1.29, 1.82) is 0 Å². The normalized spacial score (nSPS) is 29.6. The van der Waals surface area contributed by atoms with Gasteiger partial charge in [-0.3, -0.25) is 9.59 Å². The molecule has 3 saturated heterocycles. The molecule has 1 saturated carbocycles. The minimum Gasteiger partial charge on any atom is -0.466 e. The molecule has 0 atom stereocenters. The van der Waals surface area contributed by atoms with Gasteiger partial charge in [-0.15, -0.1) is 12.4 Å². The fourth-order valence-corrected chi connectivity index (χ4v) is 5.51. The van der Waals surface area contributed by atoms with Gasteiger partial charge in [0.2, 0.25) is 0 Å². The first-order valence-corrected chi connectivity index (χ1v) is 11.9. The van der Waals surface area contributed by atoms with Gasteiger partial charge >= 0.3 is 5.97 Å². The molecule has 2 bridgehead atoms. The molecule has 1 N–H and O–H groups in total. The fraction of sp³-hybridized carbons (Fsp3) is 0.680. The largest absolute Gasteiger partial charge is 0.466 e. The number of esters is 1. The zero-order valence-corrected chi connectivity index (χ0v) is 19.6. The summed E-state index contributed by atoms with van der Waals surface area (Å²) in [4.78, 5) is 27.1. The van der Waals surface area contributed by atoms with Crippen molar-refractivity contribution in [3.05, 3.63) is 35.4 Å². The Morgan fingerprint density at radius 2 is 1.65 bits per heavy atom. The number of ether oxygens (including phenoxy) is 1. The number of carbonyl (C=O) groups is 2. The fourth-order valence-electron chi connectivity index (χ4n) is 5.51. The second-order valence-corrected chi connectivity index (χ2v) is 9.56. The summed E-state index contributed by atoms with van der Waals surface area (Å²) in [6.07, 6.45) is 9.71. The van der Waals surface area contributed by atoms with E-state index in [4.69, 9.17) is 4.74 Å². The first-order chi connectivity index (χ1) is 14.6. The first kappa shape index (κ1) is 24.1. The summed E-state index contributed by atoms with van der Waals surface area (Å²) in [5.74, 6) is -0.0937. The third-order valence-electron chi connectivity index (χ3n) is 7.72. The average Bonchev–Trinajstić information content (AvgIpc) is 2.80. The standard InChI is InChI=1S/C25H36N2O3.ClH/c1-2-30-24(29)21-7-9-22(10-8-21)26-23(28)20-5-3-19(4-6-20)11-12-25-13-16-27(17-14-25)18-15-25;/h3-6,21-22H,2,7-18H2,1H3,(H,26,28);1H. The Labute approximate surface area is 192 Å². The van der Waals surface area contributed by atoms with Crippen LogP contribution in [0.15, 0.2) is 24.3 Å². The topological polar surface area (TPSA) is 58.6 Å². The van der Waals surface area contributed by atoms with Crippen LogP contribution in [0.3, 0.4) is 0 Å². The molecular weight excluding hydrogens is 412 g/mol. The van der Waals surface area contributed by atoms with Crippen LogP contribution in [0.5, 0.6) is 0 Å². The number of benzene rings is 1. The lowest BCUT2D eigenvalue weighted by Crippen LogP contribution is -2.48. The van der Waals surface area contributed by atoms with E-state index in [1.165, 1.54) is 50.9 Å². The van der Waals surface area contributed by atoms with E-state index >= 15 is 0 Å². The van der Waals surface area contributed by atoms with Gasteiger partial charge in [0, 0.05) is 11.6 Å². The summed E-state index contributed by atoms with van der Waals surface area (Å²) in [7, 11) is 0. The van der Waals surface area contributed by atoms with Crippen molar-refractivity contribution in [2.45, 2.75) is 70.8 Å². The van der Waals surface area contributed by atoms with Gasteiger partial charge in [-0.25, -0.2) is 0 Å². The summed E-state index contributed by atoms with van der Waals surface area (Å²) in [5.41, 5.74) is 2.63. The number of carbonyl (C=O) groups excluding carboxylic acids is 2. The van der Waals surface area contributed by atoms with Gasteiger partial charge < -0.3 is 15.0 Å². The zero-order valence-electron chi connectivity index (χ0n) is 18.7. The Bertz CT molecular complexity index is 722. The summed E-state index contributed by atoms with van der Waals surface area (Å²) in [6.45, 7) is 6.11. The van der Waals surface area contributed by atoms with Crippen LogP contribution in [0.1, 0.15) is 74.2 Å². The Morgan fingerprint density at radius 1 is 1.03 bits per heavy atom. The molecule has 1 aromatic carbocycles. The van der Waals surface area contributed by atoms with Gasteiger partial charge in [-0.1, -0.05) is 12.1 Å². The van der Waals surface area contributed by atoms with Crippen LogP contribution in [0.25, 0.3) is 0 Å². The van der Waals surface area contributed by atoms with Gasteiger partial charge in [-0.05, 0) is 107 Å². The van der Waals surface area contributed by atoms with E-state index in [9.17, 15) is 9.59 Å². The van der Waals surface area contributed by atoms with E-state index < -0.39 is 0 Å². The van der Waals surface area contributed by atoms with Crippen molar-refractivity contribution in [2.24, 2.45) is 11.3 Å². The van der Waals surface area contributed by atoms with Gasteiger partial charge in [0.15, 0.2) is 0 Å². The van der Waals surface area contributed by atoms with Crippen LogP contribution in [0, 0.1) is 11.3 Å². The van der Waals surface area contributed by atoms with Crippen LogP contribution in [0.4, 0.5) is 0 Å². The number of piperidine rings is 3. The van der Waals surface area contributed by atoms with Crippen molar-refractivity contribution in [2.75, 3.05) is 26.2 Å². The monoisotopic (exact) mass is 448 g/mol. The Balaban J connectivity index is 0.00000272. The second-order valence-electron chi connectivity index (χ2n) is 9.56. The number of amides is 1. The average molecular weight is 449 g/mol. The number of halogens is 1. The number of fused-ring (bicyclic) bond motifs is 3.